The van der Waals surface area contributed by atoms with Crippen LogP contribution < -0.4 is 10.1 Å². The average Bonchev–Trinajstić information content (AvgIpc) is 2.94. The van der Waals surface area contributed by atoms with Gasteiger partial charge in [0.25, 0.3) is 5.91 Å². The number of carbonyl (C=O) groups excluding carboxylic acids is 1. The third-order valence-corrected chi connectivity index (χ3v) is 3.19. The number of benzene rings is 1. The van der Waals surface area contributed by atoms with E-state index in [-0.39, 0.29) is 12.5 Å². The van der Waals surface area contributed by atoms with Gasteiger partial charge in [0.2, 0.25) is 0 Å². The standard InChI is InChI=1S/C16H16N4O2/c1-12-5-4-6-13(9-12)22-11-16(21)17-10-15-19-18-14-7-2-3-8-20(14)15/h2-9H,10-11H2,1H3,(H,17,21). The molecule has 0 unspecified atom stereocenters. The summed E-state index contributed by atoms with van der Waals surface area (Å²) in [6, 6.07) is 13.2. The van der Waals surface area contributed by atoms with Crippen LogP contribution in [-0.2, 0) is 11.3 Å². The molecule has 3 aromatic rings. The van der Waals surface area contributed by atoms with E-state index in [0.717, 1.165) is 11.2 Å². The van der Waals surface area contributed by atoms with E-state index < -0.39 is 0 Å². The van der Waals surface area contributed by atoms with E-state index in [1.807, 2.05) is 60.0 Å². The molecule has 0 aliphatic heterocycles. The van der Waals surface area contributed by atoms with Gasteiger partial charge < -0.3 is 10.1 Å². The van der Waals surface area contributed by atoms with Crippen molar-refractivity contribution in [2.45, 2.75) is 13.5 Å². The molecular weight excluding hydrogens is 280 g/mol. The Morgan fingerprint density at radius 2 is 2.14 bits per heavy atom. The Labute approximate surface area is 127 Å². The minimum Gasteiger partial charge on any atom is -0.484 e. The molecule has 1 N–H and O–H groups in total. The van der Waals surface area contributed by atoms with Crippen LogP contribution in [0, 0.1) is 6.92 Å². The lowest BCUT2D eigenvalue weighted by Crippen LogP contribution is -2.29. The first-order valence-corrected chi connectivity index (χ1v) is 6.97. The minimum atomic E-state index is -0.200. The molecule has 0 fully saturated rings. The number of amides is 1. The van der Waals surface area contributed by atoms with Crippen molar-refractivity contribution in [3.8, 4) is 5.75 Å². The van der Waals surface area contributed by atoms with Crippen LogP contribution in [0.4, 0.5) is 0 Å². The summed E-state index contributed by atoms with van der Waals surface area (Å²) in [5, 5.41) is 10.9. The Morgan fingerprint density at radius 3 is 3.00 bits per heavy atom. The first-order chi connectivity index (χ1) is 10.7. The Morgan fingerprint density at radius 1 is 1.23 bits per heavy atom. The largest absolute Gasteiger partial charge is 0.484 e. The van der Waals surface area contributed by atoms with Crippen molar-refractivity contribution < 1.29 is 9.53 Å². The zero-order chi connectivity index (χ0) is 15.4. The lowest BCUT2D eigenvalue weighted by Gasteiger charge is -2.07. The number of fused-ring (bicyclic) bond motifs is 1. The van der Waals surface area contributed by atoms with E-state index in [1.54, 1.807) is 0 Å². The number of hydrogen-bond donors (Lipinski definition) is 1. The predicted octanol–water partition coefficient (Wildman–Crippen LogP) is 1.73. The quantitative estimate of drug-likeness (QED) is 0.778. The lowest BCUT2D eigenvalue weighted by atomic mass is 10.2. The van der Waals surface area contributed by atoms with Crippen molar-refractivity contribution in [1.82, 2.24) is 19.9 Å². The topological polar surface area (TPSA) is 68.5 Å². The van der Waals surface area contributed by atoms with Gasteiger partial charge in [-0.3, -0.25) is 9.20 Å². The molecule has 0 radical (unpaired) electrons. The van der Waals surface area contributed by atoms with Crippen LogP contribution in [0.5, 0.6) is 5.75 Å². The summed E-state index contributed by atoms with van der Waals surface area (Å²) in [4.78, 5) is 11.8. The summed E-state index contributed by atoms with van der Waals surface area (Å²) < 4.78 is 7.29. The SMILES string of the molecule is Cc1cccc(OCC(=O)NCc2nnc3ccccn23)c1. The Kier molecular flexibility index (Phi) is 4.00. The van der Waals surface area contributed by atoms with Gasteiger partial charge in [0.15, 0.2) is 18.1 Å². The van der Waals surface area contributed by atoms with Crippen molar-refractivity contribution in [2.75, 3.05) is 6.61 Å². The normalized spacial score (nSPS) is 10.6. The highest BCUT2D eigenvalue weighted by Crippen LogP contribution is 2.11. The smallest absolute Gasteiger partial charge is 0.258 e. The third-order valence-electron chi connectivity index (χ3n) is 3.19. The maximum atomic E-state index is 11.8. The van der Waals surface area contributed by atoms with Gasteiger partial charge in [-0.15, -0.1) is 10.2 Å². The molecule has 2 aromatic heterocycles. The Hall–Kier alpha value is -2.89. The van der Waals surface area contributed by atoms with E-state index >= 15 is 0 Å². The molecule has 2 heterocycles. The molecule has 0 bridgehead atoms. The number of ether oxygens (including phenoxy) is 1. The number of carbonyl (C=O) groups is 1. The molecule has 0 spiro atoms. The molecule has 1 amide bonds. The predicted molar refractivity (Wildman–Crippen MR) is 81.5 cm³/mol. The van der Waals surface area contributed by atoms with Crippen LogP contribution in [0.25, 0.3) is 5.65 Å². The van der Waals surface area contributed by atoms with Crippen LogP contribution in [-0.4, -0.2) is 27.1 Å². The van der Waals surface area contributed by atoms with Gasteiger partial charge in [0, 0.05) is 6.20 Å². The fraction of sp³-hybridized carbons (Fsp3) is 0.188. The van der Waals surface area contributed by atoms with Gasteiger partial charge in [0.1, 0.15) is 5.75 Å². The second-order valence-electron chi connectivity index (χ2n) is 4.93. The fourth-order valence-electron chi connectivity index (χ4n) is 2.09. The molecule has 0 saturated heterocycles. The highest BCUT2D eigenvalue weighted by molar-refractivity contribution is 5.77. The van der Waals surface area contributed by atoms with E-state index in [2.05, 4.69) is 15.5 Å². The molecule has 0 aliphatic carbocycles. The van der Waals surface area contributed by atoms with E-state index in [9.17, 15) is 4.79 Å². The van der Waals surface area contributed by atoms with Gasteiger partial charge >= 0.3 is 0 Å². The zero-order valence-corrected chi connectivity index (χ0v) is 12.2. The highest BCUT2D eigenvalue weighted by Gasteiger charge is 2.07. The summed E-state index contributed by atoms with van der Waals surface area (Å²) in [5.41, 5.74) is 1.84. The summed E-state index contributed by atoms with van der Waals surface area (Å²) in [5.74, 6) is 1.16. The third kappa shape index (κ3) is 3.22. The van der Waals surface area contributed by atoms with Crippen molar-refractivity contribution in [3.63, 3.8) is 0 Å². The molecule has 1 aromatic carbocycles. The first-order valence-electron chi connectivity index (χ1n) is 6.97. The van der Waals surface area contributed by atoms with Gasteiger partial charge in [-0.2, -0.15) is 0 Å². The lowest BCUT2D eigenvalue weighted by molar-refractivity contribution is -0.123. The second-order valence-corrected chi connectivity index (χ2v) is 4.93. The van der Waals surface area contributed by atoms with E-state index in [4.69, 9.17) is 4.74 Å². The van der Waals surface area contributed by atoms with E-state index in [0.29, 0.717) is 18.1 Å². The van der Waals surface area contributed by atoms with E-state index in [1.165, 1.54) is 0 Å². The fourth-order valence-corrected chi connectivity index (χ4v) is 2.09. The van der Waals surface area contributed by atoms with Gasteiger partial charge in [-0.05, 0) is 36.8 Å². The maximum absolute atomic E-state index is 11.8. The summed E-state index contributed by atoms with van der Waals surface area (Å²) >= 11 is 0. The molecule has 0 atom stereocenters. The monoisotopic (exact) mass is 296 g/mol. The Bertz CT molecular complexity index is 797. The molecular formula is C16H16N4O2. The van der Waals surface area contributed by atoms with Crippen LogP contribution in [0.15, 0.2) is 48.7 Å². The average molecular weight is 296 g/mol. The number of nitrogens with zero attached hydrogens (tertiary/aromatic N) is 3. The van der Waals surface area contributed by atoms with Crippen LogP contribution >= 0.6 is 0 Å². The number of hydrogen-bond acceptors (Lipinski definition) is 4. The highest BCUT2D eigenvalue weighted by atomic mass is 16.5. The second kappa shape index (κ2) is 6.26. The van der Waals surface area contributed by atoms with Crippen LogP contribution in [0.2, 0.25) is 0 Å². The number of nitrogens with one attached hydrogen (secondary N) is 1. The molecule has 6 heteroatoms. The molecule has 0 saturated carbocycles. The maximum Gasteiger partial charge on any atom is 0.258 e. The van der Waals surface area contributed by atoms with Crippen molar-refractivity contribution in [1.29, 1.82) is 0 Å². The van der Waals surface area contributed by atoms with Crippen LogP contribution in [0.1, 0.15) is 11.4 Å². The molecule has 112 valence electrons. The first kappa shape index (κ1) is 14.1. The number of rotatable bonds is 5. The number of aryl methyl sites for hydroxylation is 1. The molecule has 22 heavy (non-hydrogen) atoms. The zero-order valence-electron chi connectivity index (χ0n) is 12.2. The number of pyridine rings is 1. The molecule has 3 rings (SSSR count). The molecule has 6 nitrogen and oxygen atoms in total. The van der Waals surface area contributed by atoms with Crippen LogP contribution in [0.3, 0.4) is 0 Å². The van der Waals surface area contributed by atoms with Crippen molar-refractivity contribution in [3.05, 3.63) is 60.0 Å². The minimum absolute atomic E-state index is 0.0276. The van der Waals surface area contributed by atoms with Crippen molar-refractivity contribution in [2.24, 2.45) is 0 Å². The summed E-state index contributed by atoms with van der Waals surface area (Å²) in [6.45, 7) is 2.25. The van der Waals surface area contributed by atoms with Gasteiger partial charge in [-0.25, -0.2) is 0 Å². The number of aromatic nitrogens is 3. The van der Waals surface area contributed by atoms with Gasteiger partial charge in [-0.1, -0.05) is 18.2 Å². The molecule has 0 aliphatic rings. The van der Waals surface area contributed by atoms with Crippen molar-refractivity contribution >= 4 is 11.6 Å². The Balaban J connectivity index is 1.54. The summed E-state index contributed by atoms with van der Waals surface area (Å²) in [7, 11) is 0. The summed E-state index contributed by atoms with van der Waals surface area (Å²) in [6.07, 6.45) is 1.86. The van der Waals surface area contributed by atoms with Gasteiger partial charge in [0.05, 0.1) is 6.54 Å².